The van der Waals surface area contributed by atoms with Gasteiger partial charge in [-0.3, -0.25) is 4.79 Å². The van der Waals surface area contributed by atoms with Gasteiger partial charge >= 0.3 is 0 Å². The van der Waals surface area contributed by atoms with Crippen molar-refractivity contribution in [3.8, 4) is 5.75 Å². The summed E-state index contributed by atoms with van der Waals surface area (Å²) >= 11 is 3.46. The van der Waals surface area contributed by atoms with Crippen LogP contribution in [0.3, 0.4) is 0 Å². The highest BCUT2D eigenvalue weighted by atomic mass is 79.9. The Morgan fingerprint density at radius 3 is 2.86 bits per heavy atom. The van der Waals surface area contributed by atoms with Gasteiger partial charge in [-0.05, 0) is 47.9 Å². The molecule has 1 aliphatic heterocycles. The van der Waals surface area contributed by atoms with Gasteiger partial charge in [0.1, 0.15) is 5.75 Å². The van der Waals surface area contributed by atoms with Crippen molar-refractivity contribution in [2.75, 3.05) is 19.7 Å². The van der Waals surface area contributed by atoms with Gasteiger partial charge in [0, 0.05) is 23.6 Å². The predicted molar refractivity (Wildman–Crippen MR) is 90.9 cm³/mol. The number of benzene rings is 2. The predicted octanol–water partition coefficient (Wildman–Crippen LogP) is 2.93. The second-order valence-electron chi connectivity index (χ2n) is 5.68. The van der Waals surface area contributed by atoms with Crippen LogP contribution in [0.4, 0.5) is 0 Å². The Morgan fingerprint density at radius 2 is 2.05 bits per heavy atom. The molecule has 116 valence electrons. The maximum Gasteiger partial charge on any atom is 0.260 e. The lowest BCUT2D eigenvalue weighted by atomic mass is 10.1. The molecule has 1 unspecified atom stereocenters. The van der Waals surface area contributed by atoms with E-state index in [1.54, 1.807) is 4.90 Å². The summed E-state index contributed by atoms with van der Waals surface area (Å²) in [7, 11) is 0. The minimum atomic E-state index is 0.00560. The largest absolute Gasteiger partial charge is 0.484 e. The Bertz CT molecular complexity index is 689. The molecule has 0 aromatic heterocycles. The zero-order valence-electron chi connectivity index (χ0n) is 12.3. The molecule has 1 atom stereocenters. The van der Waals surface area contributed by atoms with Crippen LogP contribution in [0.2, 0.25) is 0 Å². The van der Waals surface area contributed by atoms with Gasteiger partial charge in [-0.1, -0.05) is 28.1 Å². The summed E-state index contributed by atoms with van der Waals surface area (Å²) in [6.45, 7) is 1.48. The number of piperidine rings is 1. The lowest BCUT2D eigenvalue weighted by Gasteiger charge is -2.30. The Balaban J connectivity index is 1.63. The number of rotatable bonds is 3. The summed E-state index contributed by atoms with van der Waals surface area (Å²) in [5.74, 6) is 0.718. The van der Waals surface area contributed by atoms with Gasteiger partial charge in [0.25, 0.3) is 5.91 Å². The molecule has 1 amide bonds. The van der Waals surface area contributed by atoms with Crippen LogP contribution in [0, 0.1) is 0 Å². The molecule has 2 aromatic rings. The molecule has 4 nitrogen and oxygen atoms in total. The summed E-state index contributed by atoms with van der Waals surface area (Å²) < 4.78 is 6.70. The molecule has 0 radical (unpaired) electrons. The SMILES string of the molecule is NC1CCCN(C(=O)COc2ccc3cc(Br)ccc3c2)C1. The van der Waals surface area contributed by atoms with Crippen molar-refractivity contribution in [3.05, 3.63) is 40.9 Å². The van der Waals surface area contributed by atoms with Gasteiger partial charge in [0.05, 0.1) is 0 Å². The first-order valence-corrected chi connectivity index (χ1v) is 8.26. The van der Waals surface area contributed by atoms with Crippen molar-refractivity contribution in [1.82, 2.24) is 4.90 Å². The van der Waals surface area contributed by atoms with Crippen LogP contribution in [0.25, 0.3) is 10.8 Å². The van der Waals surface area contributed by atoms with E-state index < -0.39 is 0 Å². The molecule has 1 saturated heterocycles. The summed E-state index contributed by atoms with van der Waals surface area (Å²) in [5, 5.41) is 2.23. The highest BCUT2D eigenvalue weighted by Crippen LogP contribution is 2.24. The van der Waals surface area contributed by atoms with E-state index >= 15 is 0 Å². The third kappa shape index (κ3) is 3.59. The van der Waals surface area contributed by atoms with Crippen molar-refractivity contribution in [2.45, 2.75) is 18.9 Å². The molecule has 2 N–H and O–H groups in total. The van der Waals surface area contributed by atoms with E-state index in [0.717, 1.165) is 34.6 Å². The van der Waals surface area contributed by atoms with Crippen LogP contribution < -0.4 is 10.5 Å². The van der Waals surface area contributed by atoms with E-state index in [1.165, 1.54) is 0 Å². The Morgan fingerprint density at radius 1 is 1.27 bits per heavy atom. The molecule has 2 aromatic carbocycles. The van der Waals surface area contributed by atoms with Gasteiger partial charge in [-0.2, -0.15) is 0 Å². The van der Waals surface area contributed by atoms with Gasteiger partial charge in [0.2, 0.25) is 0 Å². The average Bonchev–Trinajstić information content (AvgIpc) is 2.52. The number of carbonyl (C=O) groups is 1. The van der Waals surface area contributed by atoms with Crippen LogP contribution in [0.1, 0.15) is 12.8 Å². The zero-order chi connectivity index (χ0) is 15.5. The van der Waals surface area contributed by atoms with Crippen LogP contribution in [0.15, 0.2) is 40.9 Å². The molecule has 1 fully saturated rings. The summed E-state index contributed by atoms with van der Waals surface area (Å²) in [5.41, 5.74) is 5.91. The molecule has 22 heavy (non-hydrogen) atoms. The number of carbonyl (C=O) groups excluding carboxylic acids is 1. The minimum Gasteiger partial charge on any atom is -0.484 e. The Hall–Kier alpha value is -1.59. The number of halogens is 1. The van der Waals surface area contributed by atoms with E-state index in [0.29, 0.717) is 12.3 Å². The van der Waals surface area contributed by atoms with Crippen molar-refractivity contribution in [1.29, 1.82) is 0 Å². The quantitative estimate of drug-likeness (QED) is 0.912. The minimum absolute atomic E-state index is 0.00560. The van der Waals surface area contributed by atoms with Gasteiger partial charge in [-0.25, -0.2) is 0 Å². The maximum atomic E-state index is 12.2. The smallest absolute Gasteiger partial charge is 0.260 e. The van der Waals surface area contributed by atoms with Crippen LogP contribution >= 0.6 is 15.9 Å². The molecule has 0 bridgehead atoms. The van der Waals surface area contributed by atoms with Crippen LogP contribution in [0.5, 0.6) is 5.75 Å². The fraction of sp³-hybridized carbons (Fsp3) is 0.353. The molecule has 5 heteroatoms. The Kier molecular flexibility index (Phi) is 4.64. The molecule has 1 heterocycles. The van der Waals surface area contributed by atoms with Crippen LogP contribution in [-0.2, 0) is 4.79 Å². The monoisotopic (exact) mass is 362 g/mol. The number of likely N-dealkylation sites (tertiary alicyclic amines) is 1. The number of hydrogen-bond acceptors (Lipinski definition) is 3. The number of fused-ring (bicyclic) bond motifs is 1. The molecular weight excluding hydrogens is 344 g/mol. The summed E-state index contributed by atoms with van der Waals surface area (Å²) in [6.07, 6.45) is 1.96. The first-order valence-electron chi connectivity index (χ1n) is 7.47. The van der Waals surface area contributed by atoms with E-state index in [4.69, 9.17) is 10.5 Å². The topological polar surface area (TPSA) is 55.6 Å². The highest BCUT2D eigenvalue weighted by Gasteiger charge is 2.21. The number of hydrogen-bond donors (Lipinski definition) is 1. The second kappa shape index (κ2) is 6.67. The number of nitrogens with two attached hydrogens (primary N) is 1. The molecule has 3 rings (SSSR count). The van der Waals surface area contributed by atoms with Gasteiger partial charge in [0.15, 0.2) is 6.61 Å². The second-order valence-corrected chi connectivity index (χ2v) is 6.60. The maximum absolute atomic E-state index is 12.2. The van der Waals surface area contributed by atoms with Crippen molar-refractivity contribution in [3.63, 3.8) is 0 Å². The Labute approximate surface area is 138 Å². The highest BCUT2D eigenvalue weighted by molar-refractivity contribution is 9.10. The van der Waals surface area contributed by atoms with Crippen molar-refractivity contribution >= 4 is 32.6 Å². The van der Waals surface area contributed by atoms with E-state index in [9.17, 15) is 4.79 Å². The third-order valence-electron chi connectivity index (χ3n) is 3.95. The normalized spacial score (nSPS) is 18.5. The molecule has 0 aliphatic carbocycles. The first kappa shape index (κ1) is 15.3. The lowest BCUT2D eigenvalue weighted by Crippen LogP contribution is -2.47. The molecule has 0 saturated carbocycles. The van der Waals surface area contributed by atoms with Gasteiger partial charge in [-0.15, -0.1) is 0 Å². The summed E-state index contributed by atoms with van der Waals surface area (Å²) in [6, 6.07) is 12.0. The van der Waals surface area contributed by atoms with Crippen molar-refractivity contribution < 1.29 is 9.53 Å². The fourth-order valence-corrected chi connectivity index (χ4v) is 3.14. The van der Waals surface area contributed by atoms with E-state index in [2.05, 4.69) is 22.0 Å². The average molecular weight is 363 g/mol. The van der Waals surface area contributed by atoms with Crippen molar-refractivity contribution in [2.24, 2.45) is 5.73 Å². The summed E-state index contributed by atoms with van der Waals surface area (Å²) in [4.78, 5) is 14.0. The number of amides is 1. The van der Waals surface area contributed by atoms with E-state index in [1.807, 2.05) is 30.3 Å². The fourth-order valence-electron chi connectivity index (χ4n) is 2.76. The first-order chi connectivity index (χ1) is 10.6. The standard InChI is InChI=1S/C17H19BrN2O2/c18-14-5-3-13-9-16(6-4-12(13)8-14)22-11-17(21)20-7-1-2-15(19)10-20/h3-6,8-9,15H,1-2,7,10-11,19H2. The van der Waals surface area contributed by atoms with Crippen LogP contribution in [-0.4, -0.2) is 36.5 Å². The molecular formula is C17H19BrN2O2. The van der Waals surface area contributed by atoms with Gasteiger partial charge < -0.3 is 15.4 Å². The number of ether oxygens (including phenoxy) is 1. The number of nitrogens with zero attached hydrogens (tertiary/aromatic N) is 1. The van der Waals surface area contributed by atoms with E-state index in [-0.39, 0.29) is 18.6 Å². The molecule has 0 spiro atoms. The third-order valence-corrected chi connectivity index (χ3v) is 4.44. The molecule has 1 aliphatic rings. The zero-order valence-corrected chi connectivity index (χ0v) is 13.9. The lowest BCUT2D eigenvalue weighted by molar-refractivity contribution is -0.134.